The highest BCUT2D eigenvalue weighted by Crippen LogP contribution is 2.32. The van der Waals surface area contributed by atoms with Gasteiger partial charge < -0.3 is 0 Å². The molecule has 0 aromatic heterocycles. The first-order valence-electron chi connectivity index (χ1n) is 6.43. The normalized spacial score (nSPS) is 15.8. The summed E-state index contributed by atoms with van der Waals surface area (Å²) in [5.74, 6) is 0.443. The van der Waals surface area contributed by atoms with Gasteiger partial charge in [0, 0.05) is 18.5 Å². The van der Waals surface area contributed by atoms with Crippen LogP contribution < -0.4 is 0 Å². The SMILES string of the molecule is O=S(=O)(CCCCl)N(Cc1ccc(Cl)c(Cl)c1)C1CC1. The fraction of sp³-hybridized carbons (Fsp3) is 0.538. The Hall–Kier alpha value is -0.000000000000000111. The lowest BCUT2D eigenvalue weighted by Gasteiger charge is -2.22. The average Bonchev–Trinajstić information content (AvgIpc) is 3.22. The Kier molecular flexibility index (Phi) is 5.60. The zero-order valence-corrected chi connectivity index (χ0v) is 13.9. The Morgan fingerprint density at radius 2 is 1.90 bits per heavy atom. The van der Waals surface area contributed by atoms with Crippen LogP contribution in [-0.2, 0) is 16.6 Å². The molecule has 0 N–H and O–H groups in total. The molecule has 1 aliphatic carbocycles. The molecule has 20 heavy (non-hydrogen) atoms. The van der Waals surface area contributed by atoms with E-state index >= 15 is 0 Å². The number of sulfonamides is 1. The topological polar surface area (TPSA) is 37.4 Å². The van der Waals surface area contributed by atoms with E-state index in [0.717, 1.165) is 18.4 Å². The van der Waals surface area contributed by atoms with Crippen LogP contribution >= 0.6 is 34.8 Å². The predicted molar refractivity (Wildman–Crippen MR) is 84.2 cm³/mol. The molecule has 1 fully saturated rings. The number of nitrogens with zero attached hydrogens (tertiary/aromatic N) is 1. The van der Waals surface area contributed by atoms with Crippen molar-refractivity contribution in [3.63, 3.8) is 0 Å². The van der Waals surface area contributed by atoms with E-state index in [4.69, 9.17) is 34.8 Å². The van der Waals surface area contributed by atoms with E-state index in [9.17, 15) is 8.42 Å². The molecule has 112 valence electrons. The molecule has 1 aliphatic rings. The third-order valence-corrected chi connectivity index (χ3v) is 6.12. The van der Waals surface area contributed by atoms with Gasteiger partial charge in [-0.2, -0.15) is 4.31 Å². The van der Waals surface area contributed by atoms with E-state index in [-0.39, 0.29) is 11.8 Å². The Morgan fingerprint density at radius 1 is 1.20 bits per heavy atom. The summed E-state index contributed by atoms with van der Waals surface area (Å²) < 4.78 is 26.2. The summed E-state index contributed by atoms with van der Waals surface area (Å²) in [5, 5.41) is 0.913. The monoisotopic (exact) mass is 355 g/mol. The fourth-order valence-corrected chi connectivity index (χ4v) is 4.36. The fourth-order valence-electron chi connectivity index (χ4n) is 1.99. The van der Waals surface area contributed by atoms with Gasteiger partial charge in [0.2, 0.25) is 10.0 Å². The molecule has 0 unspecified atom stereocenters. The van der Waals surface area contributed by atoms with E-state index in [1.807, 2.05) is 0 Å². The van der Waals surface area contributed by atoms with E-state index in [2.05, 4.69) is 0 Å². The predicted octanol–water partition coefficient (Wildman–Crippen LogP) is 3.92. The molecule has 1 aromatic carbocycles. The largest absolute Gasteiger partial charge is 0.214 e. The van der Waals surface area contributed by atoms with Crippen LogP contribution in [0.15, 0.2) is 18.2 Å². The van der Waals surface area contributed by atoms with Gasteiger partial charge >= 0.3 is 0 Å². The smallest absolute Gasteiger partial charge is 0.212 e. The highest BCUT2D eigenvalue weighted by molar-refractivity contribution is 7.89. The maximum Gasteiger partial charge on any atom is 0.214 e. The molecule has 0 heterocycles. The highest BCUT2D eigenvalue weighted by atomic mass is 35.5. The molecule has 2 rings (SSSR count). The number of halogens is 3. The third kappa shape index (κ3) is 4.25. The number of alkyl halides is 1. The summed E-state index contributed by atoms with van der Waals surface area (Å²) in [7, 11) is -3.27. The van der Waals surface area contributed by atoms with Crippen LogP contribution in [0.1, 0.15) is 24.8 Å². The van der Waals surface area contributed by atoms with E-state index < -0.39 is 10.0 Å². The lowest BCUT2D eigenvalue weighted by Crippen LogP contribution is -2.34. The average molecular weight is 357 g/mol. The first kappa shape index (κ1) is 16.4. The highest BCUT2D eigenvalue weighted by Gasteiger charge is 2.36. The molecule has 0 saturated heterocycles. The van der Waals surface area contributed by atoms with Crippen LogP contribution in [0.25, 0.3) is 0 Å². The molecule has 1 saturated carbocycles. The summed E-state index contributed by atoms with van der Waals surface area (Å²) in [5.41, 5.74) is 0.848. The van der Waals surface area contributed by atoms with Crippen LogP contribution in [-0.4, -0.2) is 30.4 Å². The first-order valence-corrected chi connectivity index (χ1v) is 9.33. The molecular formula is C13H16Cl3NO2S. The molecular weight excluding hydrogens is 341 g/mol. The second kappa shape index (κ2) is 6.84. The van der Waals surface area contributed by atoms with Gasteiger partial charge in [-0.25, -0.2) is 8.42 Å². The Bertz CT molecular complexity index is 573. The molecule has 0 spiro atoms. The molecule has 0 amide bonds. The molecule has 0 bridgehead atoms. The maximum absolute atomic E-state index is 12.3. The van der Waals surface area contributed by atoms with Gasteiger partial charge in [0.25, 0.3) is 0 Å². The van der Waals surface area contributed by atoms with Gasteiger partial charge in [-0.05, 0) is 37.0 Å². The lowest BCUT2D eigenvalue weighted by molar-refractivity contribution is 0.398. The summed E-state index contributed by atoms with van der Waals surface area (Å²) in [4.78, 5) is 0. The second-order valence-electron chi connectivity index (χ2n) is 4.88. The summed E-state index contributed by atoms with van der Waals surface area (Å²) >= 11 is 17.4. The van der Waals surface area contributed by atoms with Gasteiger partial charge in [-0.3, -0.25) is 0 Å². The molecule has 7 heteroatoms. The lowest BCUT2D eigenvalue weighted by atomic mass is 10.2. The molecule has 0 aliphatic heterocycles. The Labute approximate surface area is 134 Å². The number of hydrogen-bond acceptors (Lipinski definition) is 2. The number of rotatable bonds is 7. The van der Waals surface area contributed by atoms with Crippen LogP contribution in [0.3, 0.4) is 0 Å². The zero-order chi connectivity index (χ0) is 14.8. The number of hydrogen-bond donors (Lipinski definition) is 0. The van der Waals surface area contributed by atoms with Crippen molar-refractivity contribution >= 4 is 44.8 Å². The molecule has 0 radical (unpaired) electrons. The zero-order valence-electron chi connectivity index (χ0n) is 10.9. The standard InChI is InChI=1S/C13H16Cl3NO2S/c14-6-1-7-20(18,19)17(11-3-4-11)9-10-2-5-12(15)13(16)8-10/h2,5,8,11H,1,3-4,6-7,9H2. The van der Waals surface area contributed by atoms with Crippen molar-refractivity contribution in [2.45, 2.75) is 31.8 Å². The minimum atomic E-state index is -3.27. The Morgan fingerprint density at radius 3 is 2.45 bits per heavy atom. The minimum Gasteiger partial charge on any atom is -0.212 e. The number of benzene rings is 1. The van der Waals surface area contributed by atoms with Gasteiger partial charge in [-0.15, -0.1) is 11.6 Å². The first-order chi connectivity index (χ1) is 9.44. The molecule has 0 atom stereocenters. The van der Waals surface area contributed by atoms with Crippen molar-refractivity contribution in [1.29, 1.82) is 0 Å². The van der Waals surface area contributed by atoms with Crippen molar-refractivity contribution in [2.24, 2.45) is 0 Å². The van der Waals surface area contributed by atoms with Crippen molar-refractivity contribution in [3.05, 3.63) is 33.8 Å². The van der Waals surface area contributed by atoms with E-state index in [1.165, 1.54) is 0 Å². The maximum atomic E-state index is 12.3. The molecule has 3 nitrogen and oxygen atoms in total. The summed E-state index contributed by atoms with van der Waals surface area (Å²) in [6, 6.07) is 5.33. The van der Waals surface area contributed by atoms with Gasteiger partial charge in [-0.1, -0.05) is 29.3 Å². The summed E-state index contributed by atoms with van der Waals surface area (Å²) in [6.07, 6.45) is 2.30. The minimum absolute atomic E-state index is 0.0916. The second-order valence-corrected chi connectivity index (χ2v) is 8.12. The quantitative estimate of drug-likeness (QED) is 0.694. The Balaban J connectivity index is 2.15. The van der Waals surface area contributed by atoms with Crippen molar-refractivity contribution < 1.29 is 8.42 Å². The van der Waals surface area contributed by atoms with Crippen molar-refractivity contribution in [3.8, 4) is 0 Å². The van der Waals surface area contributed by atoms with Crippen LogP contribution in [0.4, 0.5) is 0 Å². The van der Waals surface area contributed by atoms with Crippen LogP contribution in [0, 0.1) is 0 Å². The van der Waals surface area contributed by atoms with Gasteiger partial charge in [0.15, 0.2) is 0 Å². The van der Waals surface area contributed by atoms with Gasteiger partial charge in [0.05, 0.1) is 15.8 Å². The van der Waals surface area contributed by atoms with Crippen molar-refractivity contribution in [1.82, 2.24) is 4.31 Å². The van der Waals surface area contributed by atoms with E-state index in [1.54, 1.807) is 22.5 Å². The molecule has 1 aromatic rings. The van der Waals surface area contributed by atoms with Crippen LogP contribution in [0.2, 0.25) is 10.0 Å². The third-order valence-electron chi connectivity index (χ3n) is 3.17. The van der Waals surface area contributed by atoms with Crippen molar-refractivity contribution in [2.75, 3.05) is 11.6 Å². The van der Waals surface area contributed by atoms with Gasteiger partial charge in [0.1, 0.15) is 0 Å². The van der Waals surface area contributed by atoms with Crippen LogP contribution in [0.5, 0.6) is 0 Å². The van der Waals surface area contributed by atoms with E-state index in [0.29, 0.717) is 28.9 Å². The summed E-state index contributed by atoms with van der Waals surface area (Å²) in [6.45, 7) is 0.339.